The van der Waals surface area contributed by atoms with E-state index in [1.807, 2.05) is 31.2 Å². The summed E-state index contributed by atoms with van der Waals surface area (Å²) in [6.07, 6.45) is 8.64. The van der Waals surface area contributed by atoms with Crippen molar-refractivity contribution in [2.45, 2.75) is 13.5 Å². The van der Waals surface area contributed by atoms with Crippen LogP contribution in [0.3, 0.4) is 0 Å². The van der Waals surface area contributed by atoms with Crippen LogP contribution in [-0.4, -0.2) is 20.8 Å². The van der Waals surface area contributed by atoms with Gasteiger partial charge in [0.05, 0.1) is 18.8 Å². The van der Waals surface area contributed by atoms with Crippen LogP contribution < -0.4 is 10.3 Å². The number of benzene rings is 1. The lowest BCUT2D eigenvalue weighted by molar-refractivity contribution is 0.340. The summed E-state index contributed by atoms with van der Waals surface area (Å²) in [4.78, 5) is 12.3. The number of terminal acetylenes is 1. The fourth-order valence-electron chi connectivity index (χ4n) is 2.28. The van der Waals surface area contributed by atoms with Crippen molar-refractivity contribution in [1.82, 2.24) is 14.2 Å². The minimum Gasteiger partial charge on any atom is -0.494 e. The van der Waals surface area contributed by atoms with Gasteiger partial charge in [0.15, 0.2) is 0 Å². The molecule has 110 valence electrons. The van der Waals surface area contributed by atoms with Gasteiger partial charge in [0.2, 0.25) is 0 Å². The molecule has 0 N–H and O–H groups in total. The van der Waals surface area contributed by atoms with Crippen molar-refractivity contribution in [3.05, 3.63) is 53.1 Å². The van der Waals surface area contributed by atoms with Crippen LogP contribution in [0.4, 0.5) is 0 Å². The molecule has 0 unspecified atom stereocenters. The first-order valence-electron chi connectivity index (χ1n) is 6.98. The maximum Gasteiger partial charge on any atom is 0.277 e. The maximum atomic E-state index is 12.3. The highest BCUT2D eigenvalue weighted by Crippen LogP contribution is 2.21. The molecule has 0 aliphatic heterocycles. The van der Waals surface area contributed by atoms with Gasteiger partial charge in [0.1, 0.15) is 11.3 Å². The quantitative estimate of drug-likeness (QED) is 0.693. The molecule has 0 aliphatic carbocycles. The fourth-order valence-corrected chi connectivity index (χ4v) is 2.28. The van der Waals surface area contributed by atoms with E-state index in [2.05, 4.69) is 11.0 Å². The van der Waals surface area contributed by atoms with Crippen molar-refractivity contribution >= 4 is 5.52 Å². The molecule has 0 fully saturated rings. The molecule has 0 spiro atoms. The minimum atomic E-state index is -0.148. The number of hydrogen-bond acceptors (Lipinski definition) is 3. The predicted molar refractivity (Wildman–Crippen MR) is 84.9 cm³/mol. The van der Waals surface area contributed by atoms with Crippen molar-refractivity contribution in [3.8, 4) is 29.4 Å². The van der Waals surface area contributed by atoms with Crippen LogP contribution >= 0.6 is 0 Å². The summed E-state index contributed by atoms with van der Waals surface area (Å²) in [5, 5.41) is 4.43. The second-order valence-corrected chi connectivity index (χ2v) is 4.75. The molecule has 2 aromatic heterocycles. The van der Waals surface area contributed by atoms with Gasteiger partial charge >= 0.3 is 0 Å². The van der Waals surface area contributed by atoms with Crippen LogP contribution in [0.25, 0.3) is 16.8 Å². The SMILES string of the molecule is C#CCn1ccn2nc(-c3ccc(OCC)cc3)cc2c1=O. The Morgan fingerprint density at radius 1 is 1.27 bits per heavy atom. The van der Waals surface area contributed by atoms with E-state index in [-0.39, 0.29) is 12.1 Å². The lowest BCUT2D eigenvalue weighted by atomic mass is 10.1. The molecular weight excluding hydrogens is 278 g/mol. The van der Waals surface area contributed by atoms with E-state index in [4.69, 9.17) is 11.2 Å². The summed E-state index contributed by atoms with van der Waals surface area (Å²) in [5.74, 6) is 3.28. The Hall–Kier alpha value is -3.00. The van der Waals surface area contributed by atoms with Crippen molar-refractivity contribution in [3.63, 3.8) is 0 Å². The van der Waals surface area contributed by atoms with E-state index in [0.717, 1.165) is 17.0 Å². The van der Waals surface area contributed by atoms with Gasteiger partial charge in [0, 0.05) is 18.0 Å². The molecule has 2 heterocycles. The van der Waals surface area contributed by atoms with E-state index in [1.54, 1.807) is 23.0 Å². The average Bonchev–Trinajstić information content (AvgIpc) is 2.96. The molecule has 22 heavy (non-hydrogen) atoms. The van der Waals surface area contributed by atoms with Gasteiger partial charge < -0.3 is 9.30 Å². The molecule has 5 heteroatoms. The largest absolute Gasteiger partial charge is 0.494 e. The van der Waals surface area contributed by atoms with Gasteiger partial charge in [-0.2, -0.15) is 5.10 Å². The average molecular weight is 293 g/mol. The fraction of sp³-hybridized carbons (Fsp3) is 0.176. The van der Waals surface area contributed by atoms with Crippen LogP contribution in [-0.2, 0) is 6.54 Å². The molecule has 0 aliphatic rings. The first-order chi connectivity index (χ1) is 10.7. The molecule has 5 nitrogen and oxygen atoms in total. The van der Waals surface area contributed by atoms with Gasteiger partial charge in [-0.1, -0.05) is 5.92 Å². The van der Waals surface area contributed by atoms with E-state index in [9.17, 15) is 4.79 Å². The molecule has 0 amide bonds. The second-order valence-electron chi connectivity index (χ2n) is 4.75. The zero-order chi connectivity index (χ0) is 15.5. The summed E-state index contributed by atoms with van der Waals surface area (Å²) in [6.45, 7) is 2.82. The Morgan fingerprint density at radius 2 is 2.05 bits per heavy atom. The zero-order valence-electron chi connectivity index (χ0n) is 12.2. The Bertz CT molecular complexity index is 898. The molecular formula is C17H15N3O2. The monoisotopic (exact) mass is 293 g/mol. The molecule has 3 rings (SSSR count). The Balaban J connectivity index is 2.03. The summed E-state index contributed by atoms with van der Waals surface area (Å²) < 4.78 is 8.48. The molecule has 1 aromatic carbocycles. The highest BCUT2D eigenvalue weighted by Gasteiger charge is 2.09. The smallest absolute Gasteiger partial charge is 0.277 e. The number of rotatable bonds is 4. The van der Waals surface area contributed by atoms with Crippen LogP contribution in [0.5, 0.6) is 5.75 Å². The van der Waals surface area contributed by atoms with Crippen molar-refractivity contribution < 1.29 is 4.74 Å². The summed E-state index contributed by atoms with van der Waals surface area (Å²) >= 11 is 0. The topological polar surface area (TPSA) is 48.5 Å². The molecule has 0 saturated heterocycles. The van der Waals surface area contributed by atoms with Crippen molar-refractivity contribution in [1.29, 1.82) is 0 Å². The normalized spacial score (nSPS) is 10.5. The van der Waals surface area contributed by atoms with Gasteiger partial charge in [-0.3, -0.25) is 4.79 Å². The number of ether oxygens (including phenoxy) is 1. The minimum absolute atomic E-state index is 0.148. The number of hydrogen-bond donors (Lipinski definition) is 0. The van der Waals surface area contributed by atoms with E-state index < -0.39 is 0 Å². The van der Waals surface area contributed by atoms with Gasteiger partial charge in [-0.25, -0.2) is 4.52 Å². The third-order valence-electron chi connectivity index (χ3n) is 3.33. The van der Waals surface area contributed by atoms with Crippen molar-refractivity contribution in [2.24, 2.45) is 0 Å². The van der Waals surface area contributed by atoms with E-state index >= 15 is 0 Å². The number of aromatic nitrogens is 3. The first kappa shape index (κ1) is 14.0. The van der Waals surface area contributed by atoms with E-state index in [1.165, 1.54) is 4.57 Å². The third kappa shape index (κ3) is 2.47. The zero-order valence-corrected chi connectivity index (χ0v) is 12.2. The third-order valence-corrected chi connectivity index (χ3v) is 3.33. The number of fused-ring (bicyclic) bond motifs is 1. The standard InChI is InChI=1S/C17H15N3O2/c1-3-9-19-10-11-20-16(17(19)21)12-15(18-20)13-5-7-14(8-6-13)22-4-2/h1,5-8,10-12H,4,9H2,2H3. The van der Waals surface area contributed by atoms with Crippen LogP contribution in [0.15, 0.2) is 47.5 Å². The molecule has 0 radical (unpaired) electrons. The van der Waals surface area contributed by atoms with Gasteiger partial charge in [0.25, 0.3) is 5.56 Å². The number of nitrogens with zero attached hydrogens (tertiary/aromatic N) is 3. The Kier molecular flexibility index (Phi) is 3.67. The second kappa shape index (κ2) is 5.78. The van der Waals surface area contributed by atoms with Crippen molar-refractivity contribution in [2.75, 3.05) is 6.61 Å². The summed E-state index contributed by atoms with van der Waals surface area (Å²) in [7, 11) is 0. The Morgan fingerprint density at radius 3 is 2.73 bits per heavy atom. The lowest BCUT2D eigenvalue weighted by Crippen LogP contribution is -2.20. The lowest BCUT2D eigenvalue weighted by Gasteiger charge is -2.02. The van der Waals surface area contributed by atoms with E-state index in [0.29, 0.717) is 12.1 Å². The summed E-state index contributed by atoms with van der Waals surface area (Å²) in [6, 6.07) is 9.39. The highest BCUT2D eigenvalue weighted by molar-refractivity contribution is 5.66. The molecule has 0 bridgehead atoms. The molecule has 0 atom stereocenters. The van der Waals surface area contributed by atoms with Crippen LogP contribution in [0.1, 0.15) is 6.92 Å². The van der Waals surface area contributed by atoms with Gasteiger partial charge in [-0.15, -0.1) is 6.42 Å². The van der Waals surface area contributed by atoms with Crippen LogP contribution in [0, 0.1) is 12.3 Å². The first-order valence-corrected chi connectivity index (χ1v) is 6.98. The Labute approximate surface area is 127 Å². The van der Waals surface area contributed by atoms with Crippen LogP contribution in [0.2, 0.25) is 0 Å². The summed E-state index contributed by atoms with van der Waals surface area (Å²) in [5.41, 5.74) is 2.01. The van der Waals surface area contributed by atoms with Gasteiger partial charge in [-0.05, 0) is 37.3 Å². The maximum absolute atomic E-state index is 12.3. The predicted octanol–water partition coefficient (Wildman–Crippen LogP) is 2.19. The highest BCUT2D eigenvalue weighted by atomic mass is 16.5. The molecule has 3 aromatic rings. The molecule has 0 saturated carbocycles.